The molecule has 1 aromatic heterocycles. The Hall–Kier alpha value is -0.360. The van der Waals surface area contributed by atoms with Gasteiger partial charge in [0.25, 0.3) is 0 Å². The maximum absolute atomic E-state index is 9.01. The summed E-state index contributed by atoms with van der Waals surface area (Å²) in [7, 11) is 1.43. The number of thiophene rings is 1. The predicted octanol–water partition coefficient (Wildman–Crippen LogP) is 4.39. The summed E-state index contributed by atoms with van der Waals surface area (Å²) in [6, 6.07) is 5.67. The minimum absolute atomic E-state index is 0.152. The van der Waals surface area contributed by atoms with E-state index in [4.69, 9.17) is 33.2 Å². The normalized spacial score (nSPS) is 13.4. The number of rotatable bonds is 4. The van der Waals surface area contributed by atoms with Crippen LogP contribution in [-0.2, 0) is 11.3 Å². The molecule has 6 heteroatoms. The van der Waals surface area contributed by atoms with Gasteiger partial charge in [0.1, 0.15) is 0 Å². The molecular formula is C12H13Cl2NO2S. The van der Waals surface area contributed by atoms with Gasteiger partial charge in [-0.25, -0.2) is 0 Å². The monoisotopic (exact) mass is 305 g/mol. The van der Waals surface area contributed by atoms with Crippen molar-refractivity contribution in [3.63, 3.8) is 0 Å². The van der Waals surface area contributed by atoms with Crippen LogP contribution in [0.5, 0.6) is 0 Å². The molecule has 2 rings (SSSR count). The lowest BCUT2D eigenvalue weighted by Crippen LogP contribution is -2.22. The van der Waals surface area contributed by atoms with Gasteiger partial charge in [-0.15, -0.1) is 11.3 Å². The maximum atomic E-state index is 9.01. The second kappa shape index (κ2) is 5.74. The average molecular weight is 306 g/mol. The fourth-order valence-electron chi connectivity index (χ4n) is 1.78. The summed E-state index contributed by atoms with van der Waals surface area (Å²) < 4.78 is 1.10. The average Bonchev–Trinajstić information content (AvgIpc) is 2.55. The molecular weight excluding hydrogens is 293 g/mol. The van der Waals surface area contributed by atoms with Gasteiger partial charge in [-0.1, -0.05) is 28.4 Å². The van der Waals surface area contributed by atoms with Crippen LogP contribution in [0.4, 0.5) is 0 Å². The first kappa shape index (κ1) is 14.1. The number of hydrogen-bond donors (Lipinski definition) is 1. The highest BCUT2D eigenvalue weighted by Crippen LogP contribution is 2.37. The number of benzene rings is 1. The zero-order valence-corrected chi connectivity index (χ0v) is 12.3. The molecule has 0 radical (unpaired) electrons. The molecule has 0 fully saturated rings. The zero-order valence-electron chi connectivity index (χ0n) is 9.98. The third-order valence-electron chi connectivity index (χ3n) is 2.46. The molecule has 0 aliphatic heterocycles. The van der Waals surface area contributed by atoms with E-state index in [1.807, 2.05) is 25.1 Å². The lowest BCUT2D eigenvalue weighted by molar-refractivity contribution is -0.342. The largest absolute Gasteiger partial charge is 0.290 e. The van der Waals surface area contributed by atoms with Gasteiger partial charge in [-0.2, -0.15) is 0 Å². The Labute approximate surface area is 119 Å². The number of fused-ring (bicyclic) bond motifs is 1. The van der Waals surface area contributed by atoms with Crippen molar-refractivity contribution in [2.24, 2.45) is 0 Å². The van der Waals surface area contributed by atoms with Crippen LogP contribution in [0.15, 0.2) is 18.2 Å². The summed E-state index contributed by atoms with van der Waals surface area (Å²) in [6.07, 6.45) is 0.488. The molecule has 0 amide bonds. The van der Waals surface area contributed by atoms with E-state index >= 15 is 0 Å². The van der Waals surface area contributed by atoms with Gasteiger partial charge >= 0.3 is 0 Å². The lowest BCUT2D eigenvalue weighted by atomic mass is 10.2. The van der Waals surface area contributed by atoms with Crippen LogP contribution in [0, 0.1) is 0 Å². The molecule has 3 nitrogen and oxygen atoms in total. The van der Waals surface area contributed by atoms with Crippen LogP contribution in [0.3, 0.4) is 0 Å². The van der Waals surface area contributed by atoms with Crippen molar-refractivity contribution in [3.05, 3.63) is 33.1 Å². The lowest BCUT2D eigenvalue weighted by Gasteiger charge is -2.15. The first-order chi connectivity index (χ1) is 8.47. The Morgan fingerprint density at radius 3 is 2.83 bits per heavy atom. The molecule has 0 saturated carbocycles. The fourth-order valence-corrected chi connectivity index (χ4v) is 3.55. The van der Waals surface area contributed by atoms with Gasteiger partial charge in [-0.3, -0.25) is 10.0 Å². The maximum Gasteiger partial charge on any atom is 0.0840 e. The smallest absolute Gasteiger partial charge is 0.0840 e. The molecule has 1 unspecified atom stereocenters. The second-order valence-electron chi connectivity index (χ2n) is 4.06. The van der Waals surface area contributed by atoms with Crippen molar-refractivity contribution in [1.82, 2.24) is 5.23 Å². The zero-order chi connectivity index (χ0) is 13.3. The third kappa shape index (κ3) is 3.15. The van der Waals surface area contributed by atoms with Gasteiger partial charge in [-0.05, 0) is 25.1 Å². The van der Waals surface area contributed by atoms with Crippen LogP contribution >= 0.6 is 34.5 Å². The molecule has 1 atom stereocenters. The Bertz CT molecular complexity index is 556. The van der Waals surface area contributed by atoms with E-state index in [0.29, 0.717) is 21.7 Å². The summed E-state index contributed by atoms with van der Waals surface area (Å²) >= 11 is 13.9. The number of hydroxylamine groups is 2. The van der Waals surface area contributed by atoms with Crippen LogP contribution in [-0.4, -0.2) is 23.6 Å². The van der Waals surface area contributed by atoms with Crippen molar-refractivity contribution >= 4 is 44.6 Å². The van der Waals surface area contributed by atoms with Gasteiger partial charge in [0.2, 0.25) is 0 Å². The fraction of sp³-hybridized carbons (Fsp3) is 0.333. The number of nitrogens with zero attached hydrogens (tertiary/aromatic N) is 1. The van der Waals surface area contributed by atoms with Gasteiger partial charge in [0, 0.05) is 33.5 Å². The third-order valence-corrected chi connectivity index (χ3v) is 4.43. The summed E-state index contributed by atoms with van der Waals surface area (Å²) in [5.41, 5.74) is 0. The van der Waals surface area contributed by atoms with Crippen LogP contribution in [0.2, 0.25) is 10.0 Å². The van der Waals surface area contributed by atoms with Gasteiger partial charge in [0.05, 0.1) is 11.1 Å². The van der Waals surface area contributed by atoms with E-state index in [1.165, 1.54) is 7.05 Å². The highest BCUT2D eigenvalue weighted by atomic mass is 35.5. The molecule has 0 aliphatic carbocycles. The molecule has 0 bridgehead atoms. The molecule has 0 aliphatic rings. The molecule has 98 valence electrons. The summed E-state index contributed by atoms with van der Waals surface area (Å²) in [6.45, 7) is 1.88. The minimum atomic E-state index is -0.152. The molecule has 1 N–H and O–H groups in total. The SMILES string of the molecule is CC(Cc1sc2ccc(Cl)cc2c1Cl)ON(C)O. The molecule has 0 spiro atoms. The molecule has 2 aromatic rings. The highest BCUT2D eigenvalue weighted by Gasteiger charge is 2.15. The van der Waals surface area contributed by atoms with Crippen molar-refractivity contribution < 1.29 is 10.0 Å². The van der Waals surface area contributed by atoms with Crippen molar-refractivity contribution in [2.45, 2.75) is 19.4 Å². The van der Waals surface area contributed by atoms with E-state index in [2.05, 4.69) is 0 Å². The van der Waals surface area contributed by atoms with E-state index in [1.54, 1.807) is 11.3 Å². The van der Waals surface area contributed by atoms with E-state index in [0.717, 1.165) is 15.0 Å². The van der Waals surface area contributed by atoms with Crippen LogP contribution in [0.25, 0.3) is 10.1 Å². The quantitative estimate of drug-likeness (QED) is 0.850. The molecule has 18 heavy (non-hydrogen) atoms. The second-order valence-corrected chi connectivity index (χ2v) is 6.02. The van der Waals surface area contributed by atoms with E-state index in [-0.39, 0.29) is 6.10 Å². The Morgan fingerprint density at radius 2 is 2.17 bits per heavy atom. The summed E-state index contributed by atoms with van der Waals surface area (Å²) in [5, 5.41) is 12.1. The molecule has 0 saturated heterocycles. The Kier molecular flexibility index (Phi) is 4.48. The van der Waals surface area contributed by atoms with E-state index < -0.39 is 0 Å². The van der Waals surface area contributed by atoms with Crippen LogP contribution < -0.4 is 0 Å². The molecule has 1 aromatic carbocycles. The number of hydrogen-bond acceptors (Lipinski definition) is 4. The highest BCUT2D eigenvalue weighted by molar-refractivity contribution is 7.19. The summed E-state index contributed by atoms with van der Waals surface area (Å²) in [5.74, 6) is 0. The van der Waals surface area contributed by atoms with E-state index in [9.17, 15) is 0 Å². The van der Waals surface area contributed by atoms with Gasteiger partial charge < -0.3 is 0 Å². The first-order valence-corrected chi connectivity index (χ1v) is 7.00. The van der Waals surface area contributed by atoms with Crippen molar-refractivity contribution in [1.29, 1.82) is 0 Å². The minimum Gasteiger partial charge on any atom is -0.290 e. The van der Waals surface area contributed by atoms with Gasteiger partial charge in [0.15, 0.2) is 0 Å². The first-order valence-electron chi connectivity index (χ1n) is 5.43. The number of halogens is 2. The Balaban J connectivity index is 2.26. The molecule has 1 heterocycles. The standard InChI is InChI=1S/C12H13Cl2NO2S/c1-7(17-15(2)16)5-11-12(14)9-6-8(13)3-4-10(9)18-11/h3-4,6-7,16H,5H2,1-2H3. The predicted molar refractivity (Wildman–Crippen MR) is 75.6 cm³/mol. The topological polar surface area (TPSA) is 32.7 Å². The Morgan fingerprint density at radius 1 is 1.44 bits per heavy atom. The van der Waals surface area contributed by atoms with Crippen molar-refractivity contribution in [2.75, 3.05) is 7.05 Å². The van der Waals surface area contributed by atoms with Crippen LogP contribution in [0.1, 0.15) is 11.8 Å². The summed E-state index contributed by atoms with van der Waals surface area (Å²) in [4.78, 5) is 6.17. The van der Waals surface area contributed by atoms with Crippen molar-refractivity contribution in [3.8, 4) is 0 Å².